The van der Waals surface area contributed by atoms with Crippen LogP contribution in [0.1, 0.15) is 0 Å². The average molecular weight is 271 g/mol. The quantitative estimate of drug-likeness (QED) is 0.676. The minimum absolute atomic E-state index is 0.0346. The van der Waals surface area contributed by atoms with Crippen molar-refractivity contribution in [1.82, 2.24) is 14.3 Å². The van der Waals surface area contributed by atoms with E-state index in [1.165, 1.54) is 12.2 Å². The summed E-state index contributed by atoms with van der Waals surface area (Å²) in [6.45, 7) is 6.95. The molecule has 1 aromatic heterocycles. The lowest BCUT2D eigenvalue weighted by molar-refractivity contribution is 0.472. The Kier molecular flexibility index (Phi) is 4.40. The Hall–Kier alpha value is -1.93. The summed E-state index contributed by atoms with van der Waals surface area (Å²) in [5.41, 5.74) is -1.73. The smallest absolute Gasteiger partial charge is 0.313 e. The van der Waals surface area contributed by atoms with Crippen LogP contribution in [0, 0.1) is 0 Å². The molecule has 0 bridgehead atoms. The topological polar surface area (TPSA) is 103 Å². The maximum Gasteiger partial charge on any atom is 0.325 e. The largest absolute Gasteiger partial charge is 0.325 e. The number of aromatic amines is 2. The van der Waals surface area contributed by atoms with E-state index in [9.17, 15) is 18.0 Å². The second kappa shape index (κ2) is 5.61. The monoisotopic (exact) mass is 271 g/mol. The third-order valence-corrected chi connectivity index (χ3v) is 3.91. The summed E-state index contributed by atoms with van der Waals surface area (Å²) >= 11 is 0. The number of H-pyrrole nitrogens is 2. The van der Waals surface area contributed by atoms with Crippen molar-refractivity contribution in [1.29, 1.82) is 0 Å². The summed E-state index contributed by atoms with van der Waals surface area (Å²) in [7, 11) is -4.00. The molecule has 0 amide bonds. The van der Waals surface area contributed by atoms with Gasteiger partial charge in [0.25, 0.3) is 15.6 Å². The van der Waals surface area contributed by atoms with Crippen LogP contribution in [0.15, 0.2) is 46.0 Å². The zero-order valence-electron chi connectivity index (χ0n) is 9.55. The summed E-state index contributed by atoms with van der Waals surface area (Å²) in [5, 5.41) is 0. The molecule has 1 rings (SSSR count). The number of hydrogen-bond donors (Lipinski definition) is 2. The lowest BCUT2D eigenvalue weighted by atomic mass is 10.5. The molecule has 0 atom stereocenters. The van der Waals surface area contributed by atoms with Crippen LogP contribution in [0.4, 0.5) is 0 Å². The maximum atomic E-state index is 12.1. The van der Waals surface area contributed by atoms with Gasteiger partial charge in [0.1, 0.15) is 0 Å². The van der Waals surface area contributed by atoms with Gasteiger partial charge in [0.15, 0.2) is 4.90 Å². The molecule has 7 nitrogen and oxygen atoms in total. The van der Waals surface area contributed by atoms with Gasteiger partial charge in [-0.15, -0.1) is 13.2 Å². The Labute approximate surface area is 104 Å². The number of aromatic nitrogens is 2. The summed E-state index contributed by atoms with van der Waals surface area (Å²) in [4.78, 5) is 25.8. The first kappa shape index (κ1) is 14.1. The zero-order chi connectivity index (χ0) is 13.8. The van der Waals surface area contributed by atoms with Gasteiger partial charge in [-0.25, -0.2) is 13.2 Å². The van der Waals surface area contributed by atoms with Crippen molar-refractivity contribution in [2.24, 2.45) is 0 Å². The third-order valence-electron chi connectivity index (χ3n) is 2.07. The Morgan fingerprint density at radius 2 is 1.78 bits per heavy atom. The van der Waals surface area contributed by atoms with Crippen molar-refractivity contribution in [2.45, 2.75) is 4.90 Å². The SMILES string of the molecule is C=CCN(CC=C)S(=O)(=O)c1c[nH]c(=O)[nH]c1=O. The number of nitrogens with zero attached hydrogens (tertiary/aromatic N) is 1. The van der Waals surface area contributed by atoms with E-state index in [0.29, 0.717) is 0 Å². The minimum atomic E-state index is -4.00. The van der Waals surface area contributed by atoms with Crippen LogP contribution < -0.4 is 11.2 Å². The molecule has 0 spiro atoms. The molecule has 2 N–H and O–H groups in total. The Balaban J connectivity index is 3.34. The highest BCUT2D eigenvalue weighted by Gasteiger charge is 2.25. The van der Waals surface area contributed by atoms with Crippen molar-refractivity contribution >= 4 is 10.0 Å². The fourth-order valence-electron chi connectivity index (χ4n) is 1.29. The molecular formula is C10H13N3O4S. The molecule has 0 saturated carbocycles. The standard InChI is InChI=1S/C10H13N3O4S/c1-3-5-13(6-4-2)18(16,17)8-7-11-10(15)12-9(8)14/h3-4,7H,1-2,5-6H2,(H2,11,12,14,15). The molecular weight excluding hydrogens is 258 g/mol. The highest BCUT2D eigenvalue weighted by atomic mass is 32.2. The van der Waals surface area contributed by atoms with Crippen LogP contribution in [0.25, 0.3) is 0 Å². The normalized spacial score (nSPS) is 11.4. The van der Waals surface area contributed by atoms with Crippen molar-refractivity contribution in [3.05, 3.63) is 52.3 Å². The lowest BCUT2D eigenvalue weighted by Crippen LogP contribution is -2.36. The van der Waals surface area contributed by atoms with E-state index < -0.39 is 26.2 Å². The highest BCUT2D eigenvalue weighted by molar-refractivity contribution is 7.89. The average Bonchev–Trinajstić information content (AvgIpc) is 2.28. The zero-order valence-corrected chi connectivity index (χ0v) is 10.4. The van der Waals surface area contributed by atoms with Crippen LogP contribution in [-0.4, -0.2) is 35.8 Å². The van der Waals surface area contributed by atoms with E-state index in [1.807, 2.05) is 4.98 Å². The van der Waals surface area contributed by atoms with Gasteiger partial charge in [0.2, 0.25) is 0 Å². The van der Waals surface area contributed by atoms with Crippen molar-refractivity contribution in [3.8, 4) is 0 Å². The van der Waals surface area contributed by atoms with Gasteiger partial charge in [-0.2, -0.15) is 4.31 Å². The van der Waals surface area contributed by atoms with Crippen LogP contribution in [0.5, 0.6) is 0 Å². The van der Waals surface area contributed by atoms with E-state index in [4.69, 9.17) is 0 Å². The Morgan fingerprint density at radius 3 is 2.22 bits per heavy atom. The minimum Gasteiger partial charge on any atom is -0.313 e. The lowest BCUT2D eigenvalue weighted by Gasteiger charge is -2.17. The first-order chi connectivity index (χ1) is 8.43. The van der Waals surface area contributed by atoms with Crippen LogP contribution in [-0.2, 0) is 10.0 Å². The molecule has 98 valence electrons. The van der Waals surface area contributed by atoms with Crippen LogP contribution >= 0.6 is 0 Å². The summed E-state index contributed by atoms with van der Waals surface area (Å²) in [6, 6.07) is 0. The number of rotatable bonds is 6. The molecule has 0 radical (unpaired) electrons. The van der Waals surface area contributed by atoms with Crippen molar-refractivity contribution in [2.75, 3.05) is 13.1 Å². The molecule has 0 fully saturated rings. The Bertz CT molecular complexity index is 646. The highest BCUT2D eigenvalue weighted by Crippen LogP contribution is 2.09. The second-order valence-electron chi connectivity index (χ2n) is 3.34. The van der Waals surface area contributed by atoms with Gasteiger partial charge in [0.05, 0.1) is 0 Å². The molecule has 1 heterocycles. The fraction of sp³-hybridized carbons (Fsp3) is 0.200. The van der Waals surface area contributed by atoms with E-state index >= 15 is 0 Å². The van der Waals surface area contributed by atoms with Gasteiger partial charge < -0.3 is 4.98 Å². The first-order valence-corrected chi connectivity index (χ1v) is 6.41. The predicted molar refractivity (Wildman–Crippen MR) is 66.8 cm³/mol. The van der Waals surface area contributed by atoms with Gasteiger partial charge >= 0.3 is 5.69 Å². The molecule has 8 heteroatoms. The molecule has 18 heavy (non-hydrogen) atoms. The molecule has 1 aromatic rings. The summed E-state index contributed by atoms with van der Waals surface area (Å²) < 4.78 is 25.3. The molecule has 0 saturated heterocycles. The van der Waals surface area contributed by atoms with E-state index in [-0.39, 0.29) is 13.1 Å². The van der Waals surface area contributed by atoms with Gasteiger partial charge in [-0.3, -0.25) is 9.78 Å². The molecule has 0 aliphatic carbocycles. The summed E-state index contributed by atoms with van der Waals surface area (Å²) in [5.74, 6) is 0. The van der Waals surface area contributed by atoms with Gasteiger partial charge in [0, 0.05) is 19.3 Å². The predicted octanol–water partition coefficient (Wildman–Crippen LogP) is -0.574. The molecule has 0 aliphatic rings. The Morgan fingerprint density at radius 1 is 1.22 bits per heavy atom. The maximum absolute atomic E-state index is 12.1. The fourth-order valence-corrected chi connectivity index (χ4v) is 2.66. The second-order valence-corrected chi connectivity index (χ2v) is 5.24. The third kappa shape index (κ3) is 2.84. The van der Waals surface area contributed by atoms with Crippen LogP contribution in [0.3, 0.4) is 0 Å². The van der Waals surface area contributed by atoms with E-state index in [2.05, 4.69) is 18.1 Å². The number of hydrogen-bond acceptors (Lipinski definition) is 4. The van der Waals surface area contributed by atoms with E-state index in [1.54, 1.807) is 0 Å². The molecule has 0 unspecified atom stereocenters. The molecule has 0 aliphatic heterocycles. The van der Waals surface area contributed by atoms with E-state index in [0.717, 1.165) is 10.5 Å². The molecule has 0 aromatic carbocycles. The van der Waals surface area contributed by atoms with Gasteiger partial charge in [-0.1, -0.05) is 12.2 Å². The van der Waals surface area contributed by atoms with Gasteiger partial charge in [-0.05, 0) is 0 Å². The number of nitrogens with one attached hydrogen (secondary N) is 2. The van der Waals surface area contributed by atoms with Crippen molar-refractivity contribution in [3.63, 3.8) is 0 Å². The van der Waals surface area contributed by atoms with Crippen molar-refractivity contribution < 1.29 is 8.42 Å². The van der Waals surface area contributed by atoms with Crippen LogP contribution in [0.2, 0.25) is 0 Å². The summed E-state index contributed by atoms with van der Waals surface area (Å²) in [6.07, 6.45) is 3.65. The first-order valence-electron chi connectivity index (χ1n) is 4.97. The number of sulfonamides is 1.